The largest absolute Gasteiger partial charge is 0.484 e. The highest BCUT2D eigenvalue weighted by Crippen LogP contribution is 2.63. The van der Waals surface area contributed by atoms with Crippen molar-refractivity contribution in [2.75, 3.05) is 6.61 Å². The molecule has 3 N–H and O–H groups in total. The number of nitrogens with zero attached hydrogens (tertiary/aromatic N) is 1. The van der Waals surface area contributed by atoms with Crippen molar-refractivity contribution in [3.8, 4) is 5.75 Å². The van der Waals surface area contributed by atoms with Gasteiger partial charge >= 0.3 is 0 Å². The van der Waals surface area contributed by atoms with Crippen LogP contribution < -0.4 is 15.9 Å². The molecule has 0 heterocycles. The first kappa shape index (κ1) is 17.5. The summed E-state index contributed by atoms with van der Waals surface area (Å²) in [5.41, 5.74) is 9.55. The van der Waals surface area contributed by atoms with Gasteiger partial charge in [0.2, 0.25) is 5.91 Å². The topological polar surface area (TPSA) is 93.8 Å². The molecule has 2 atom stereocenters. The highest BCUT2D eigenvalue weighted by molar-refractivity contribution is 5.95. The number of benzene rings is 1. The van der Waals surface area contributed by atoms with Crippen LogP contribution in [0.3, 0.4) is 0 Å². The van der Waals surface area contributed by atoms with Gasteiger partial charge in [-0.1, -0.05) is 26.8 Å². The fourth-order valence-electron chi connectivity index (χ4n) is 4.15. The van der Waals surface area contributed by atoms with Gasteiger partial charge in [-0.3, -0.25) is 9.59 Å². The van der Waals surface area contributed by atoms with Gasteiger partial charge in [0.15, 0.2) is 6.61 Å². The van der Waals surface area contributed by atoms with Crippen molar-refractivity contribution >= 4 is 17.5 Å². The fourth-order valence-corrected chi connectivity index (χ4v) is 4.15. The molecule has 2 aliphatic rings. The molecule has 2 amide bonds. The van der Waals surface area contributed by atoms with E-state index in [1.54, 1.807) is 18.2 Å². The van der Waals surface area contributed by atoms with Gasteiger partial charge in [0.05, 0.1) is 0 Å². The van der Waals surface area contributed by atoms with E-state index in [9.17, 15) is 9.59 Å². The minimum atomic E-state index is -0.534. The van der Waals surface area contributed by atoms with Crippen LogP contribution in [0, 0.1) is 16.7 Å². The molecule has 0 saturated heterocycles. The number of fused-ring (bicyclic) bond motifs is 2. The van der Waals surface area contributed by atoms with Crippen LogP contribution in [0.5, 0.6) is 5.75 Å². The quantitative estimate of drug-likeness (QED) is 0.804. The van der Waals surface area contributed by atoms with Crippen LogP contribution in [0.15, 0.2) is 29.4 Å². The van der Waals surface area contributed by atoms with Gasteiger partial charge in [-0.05, 0) is 48.8 Å². The van der Waals surface area contributed by atoms with Gasteiger partial charge in [-0.15, -0.1) is 0 Å². The normalized spacial score (nSPS) is 28.1. The van der Waals surface area contributed by atoms with Crippen molar-refractivity contribution in [1.82, 2.24) is 5.43 Å². The van der Waals surface area contributed by atoms with Crippen molar-refractivity contribution in [2.24, 2.45) is 27.6 Å². The second kappa shape index (κ2) is 6.17. The smallest absolute Gasteiger partial charge is 0.277 e. The van der Waals surface area contributed by atoms with Gasteiger partial charge < -0.3 is 10.5 Å². The van der Waals surface area contributed by atoms with Crippen LogP contribution in [-0.2, 0) is 4.79 Å². The van der Waals surface area contributed by atoms with Crippen molar-refractivity contribution in [2.45, 2.75) is 40.0 Å². The second-order valence-electron chi connectivity index (χ2n) is 7.77. The van der Waals surface area contributed by atoms with E-state index in [1.807, 2.05) is 0 Å². The van der Waals surface area contributed by atoms with E-state index in [1.165, 1.54) is 12.5 Å². The van der Waals surface area contributed by atoms with Crippen molar-refractivity contribution in [3.63, 3.8) is 0 Å². The lowest BCUT2D eigenvalue weighted by molar-refractivity contribution is -0.123. The Hall–Kier alpha value is -2.37. The number of nitrogens with two attached hydrogens (primary N) is 1. The van der Waals surface area contributed by atoms with Gasteiger partial charge in [0.25, 0.3) is 5.91 Å². The molecule has 0 aliphatic heterocycles. The maximum absolute atomic E-state index is 12.0. The molecule has 6 heteroatoms. The van der Waals surface area contributed by atoms with E-state index < -0.39 is 5.91 Å². The number of hydrogen-bond donors (Lipinski definition) is 2. The van der Waals surface area contributed by atoms with E-state index >= 15 is 0 Å². The summed E-state index contributed by atoms with van der Waals surface area (Å²) < 4.78 is 5.41. The number of ether oxygens (including phenoxy) is 1. The lowest BCUT2D eigenvalue weighted by Crippen LogP contribution is -2.35. The molecule has 2 saturated carbocycles. The van der Waals surface area contributed by atoms with Gasteiger partial charge in [-0.25, -0.2) is 5.43 Å². The van der Waals surface area contributed by atoms with E-state index in [-0.39, 0.29) is 23.3 Å². The van der Waals surface area contributed by atoms with E-state index in [0.29, 0.717) is 17.2 Å². The van der Waals surface area contributed by atoms with Gasteiger partial charge in [0, 0.05) is 16.7 Å². The van der Waals surface area contributed by atoms with Crippen LogP contribution in [0.4, 0.5) is 0 Å². The summed E-state index contributed by atoms with van der Waals surface area (Å²) in [6.07, 6.45) is 3.30. The zero-order valence-corrected chi connectivity index (χ0v) is 15.0. The molecule has 2 aliphatic carbocycles. The molecule has 1 aromatic carbocycles. The lowest BCUT2D eigenvalue weighted by atomic mass is 9.70. The van der Waals surface area contributed by atoms with Crippen LogP contribution in [0.25, 0.3) is 0 Å². The number of hydrazone groups is 1. The maximum Gasteiger partial charge on any atom is 0.277 e. The standard InChI is InChI=1S/C19H25N3O3/c1-18(2)13-7-8-19(18,3)15(10-13)21-22-16(23)11-25-14-6-4-5-12(9-14)17(20)24/h4-6,9,13H,7-8,10-11H2,1-3H3,(H2,20,24)(H,22,23)/b21-15-. The highest BCUT2D eigenvalue weighted by Gasteiger charge is 2.59. The van der Waals surface area contributed by atoms with Crippen molar-refractivity contribution in [3.05, 3.63) is 29.8 Å². The Labute approximate surface area is 147 Å². The summed E-state index contributed by atoms with van der Waals surface area (Å²) in [6.45, 7) is 6.67. The number of nitrogens with one attached hydrogen (secondary N) is 1. The Bertz CT molecular complexity index is 741. The zero-order valence-electron chi connectivity index (χ0n) is 15.0. The Kier molecular flexibility index (Phi) is 4.31. The van der Waals surface area contributed by atoms with Crippen molar-refractivity contribution < 1.29 is 14.3 Å². The number of hydrogen-bond acceptors (Lipinski definition) is 4. The molecule has 2 unspecified atom stereocenters. The van der Waals surface area contributed by atoms with Crippen LogP contribution in [0.2, 0.25) is 0 Å². The third-order valence-corrected chi connectivity index (χ3v) is 6.32. The summed E-state index contributed by atoms with van der Waals surface area (Å²) in [6, 6.07) is 6.44. The number of amides is 2. The van der Waals surface area contributed by atoms with Gasteiger partial charge in [-0.2, -0.15) is 5.10 Å². The van der Waals surface area contributed by atoms with Crippen LogP contribution in [-0.4, -0.2) is 24.1 Å². The summed E-state index contributed by atoms with van der Waals surface area (Å²) in [5, 5.41) is 4.39. The molecular weight excluding hydrogens is 318 g/mol. The fraction of sp³-hybridized carbons (Fsp3) is 0.526. The molecule has 25 heavy (non-hydrogen) atoms. The second-order valence-corrected chi connectivity index (χ2v) is 7.77. The first-order valence-corrected chi connectivity index (χ1v) is 8.62. The average molecular weight is 343 g/mol. The molecule has 1 aromatic rings. The summed E-state index contributed by atoms with van der Waals surface area (Å²) in [4.78, 5) is 23.2. The molecule has 2 fully saturated rings. The molecule has 3 rings (SSSR count). The molecule has 2 bridgehead atoms. The number of rotatable bonds is 5. The molecule has 0 spiro atoms. The minimum Gasteiger partial charge on any atom is -0.484 e. The Balaban J connectivity index is 1.57. The molecule has 0 aromatic heterocycles. The predicted octanol–water partition coefficient (Wildman–Crippen LogP) is 2.48. The van der Waals surface area contributed by atoms with Crippen molar-refractivity contribution in [1.29, 1.82) is 0 Å². The third kappa shape index (κ3) is 3.01. The Morgan fingerprint density at radius 2 is 2.12 bits per heavy atom. The van der Waals surface area contributed by atoms with Crippen LogP contribution in [0.1, 0.15) is 50.4 Å². The predicted molar refractivity (Wildman–Crippen MR) is 95.3 cm³/mol. The maximum atomic E-state index is 12.0. The first-order valence-electron chi connectivity index (χ1n) is 8.62. The molecular formula is C19H25N3O3. The summed E-state index contributed by atoms with van der Waals surface area (Å²) >= 11 is 0. The number of carbonyl (C=O) groups is 2. The SMILES string of the molecule is CC12CCC(C/C1=N/NC(=O)COc1cccc(C(N)=O)c1)C2(C)C. The zero-order chi connectivity index (χ0) is 18.2. The van der Waals surface area contributed by atoms with Gasteiger partial charge in [0.1, 0.15) is 5.75 Å². The Morgan fingerprint density at radius 1 is 1.36 bits per heavy atom. The van der Waals surface area contributed by atoms with E-state index in [4.69, 9.17) is 10.5 Å². The molecule has 0 radical (unpaired) electrons. The molecule has 134 valence electrons. The van der Waals surface area contributed by atoms with E-state index in [0.717, 1.165) is 18.6 Å². The Morgan fingerprint density at radius 3 is 2.72 bits per heavy atom. The summed E-state index contributed by atoms with van der Waals surface area (Å²) in [5.74, 6) is 0.211. The number of carbonyl (C=O) groups excluding carboxylic acids is 2. The third-order valence-electron chi connectivity index (χ3n) is 6.32. The highest BCUT2D eigenvalue weighted by atomic mass is 16.5. The molecule has 6 nitrogen and oxygen atoms in total. The first-order chi connectivity index (χ1) is 11.7. The van der Waals surface area contributed by atoms with E-state index in [2.05, 4.69) is 31.3 Å². The average Bonchev–Trinajstić information content (AvgIpc) is 2.91. The lowest BCUT2D eigenvalue weighted by Gasteiger charge is -2.34. The van der Waals surface area contributed by atoms with Crippen LogP contribution >= 0.6 is 0 Å². The summed E-state index contributed by atoms with van der Waals surface area (Å²) in [7, 11) is 0. The monoisotopic (exact) mass is 343 g/mol. The minimum absolute atomic E-state index is 0.0572. The number of primary amides is 1.